The highest BCUT2D eigenvalue weighted by Crippen LogP contribution is 2.27. The van der Waals surface area contributed by atoms with Crippen LogP contribution in [0, 0.1) is 5.92 Å². The molecule has 0 unspecified atom stereocenters. The Morgan fingerprint density at radius 2 is 1.84 bits per heavy atom. The summed E-state index contributed by atoms with van der Waals surface area (Å²) in [7, 11) is 0. The molecular formula is C25H30N4O3. The number of fused-ring (bicyclic) bond motifs is 1. The van der Waals surface area contributed by atoms with Gasteiger partial charge in [0.05, 0.1) is 23.4 Å². The average molecular weight is 435 g/mol. The van der Waals surface area contributed by atoms with Gasteiger partial charge in [-0.05, 0) is 36.6 Å². The molecule has 0 fully saturated rings. The van der Waals surface area contributed by atoms with E-state index in [0.717, 1.165) is 24.2 Å². The predicted molar refractivity (Wildman–Crippen MR) is 126 cm³/mol. The highest BCUT2D eigenvalue weighted by atomic mass is 16.5. The van der Waals surface area contributed by atoms with Gasteiger partial charge in [0.1, 0.15) is 5.75 Å². The Morgan fingerprint density at radius 1 is 1.03 bits per heavy atom. The lowest BCUT2D eigenvalue weighted by atomic mass is 10.0. The summed E-state index contributed by atoms with van der Waals surface area (Å²) in [6.45, 7) is 7.40. The molecule has 0 spiro atoms. The number of nitrogens with one attached hydrogen (secondary N) is 3. The van der Waals surface area contributed by atoms with E-state index >= 15 is 0 Å². The van der Waals surface area contributed by atoms with Crippen molar-refractivity contribution in [2.24, 2.45) is 5.92 Å². The minimum Gasteiger partial charge on any atom is -0.493 e. The van der Waals surface area contributed by atoms with Crippen LogP contribution in [0.2, 0.25) is 0 Å². The number of hydrogen-bond acceptors (Lipinski definition) is 4. The standard InChI is InChI=1S/C25H30N4O3/c1-4-5-13-26-25(31)29-28-24(30)21-15-23(27-22-12-7-6-11-20(21)22)18-9-8-10-19(14-18)32-16-17(2)3/h6-12,14-15,17H,4-5,13,16H2,1-3H3,(H,28,30)(H2,26,29,31). The maximum Gasteiger partial charge on any atom is 0.333 e. The van der Waals surface area contributed by atoms with Crippen molar-refractivity contribution in [3.63, 3.8) is 0 Å². The lowest BCUT2D eigenvalue weighted by Crippen LogP contribution is -2.47. The maximum absolute atomic E-state index is 12.9. The topological polar surface area (TPSA) is 92.4 Å². The number of benzene rings is 2. The molecule has 168 valence electrons. The Balaban J connectivity index is 1.85. The summed E-state index contributed by atoms with van der Waals surface area (Å²) in [5.41, 5.74) is 7.51. The minimum absolute atomic E-state index is 0.414. The van der Waals surface area contributed by atoms with Gasteiger partial charge in [0.15, 0.2) is 0 Å². The number of pyridine rings is 1. The Labute approximate surface area is 188 Å². The van der Waals surface area contributed by atoms with E-state index < -0.39 is 11.9 Å². The van der Waals surface area contributed by atoms with Crippen LogP contribution >= 0.6 is 0 Å². The molecule has 3 rings (SSSR count). The van der Waals surface area contributed by atoms with E-state index in [1.165, 1.54) is 0 Å². The predicted octanol–water partition coefficient (Wildman–Crippen LogP) is 4.68. The zero-order valence-electron chi connectivity index (χ0n) is 18.8. The number of aromatic nitrogens is 1. The first-order valence-electron chi connectivity index (χ1n) is 10.9. The Bertz CT molecular complexity index is 1080. The number of ether oxygens (including phenoxy) is 1. The first-order chi connectivity index (χ1) is 15.5. The van der Waals surface area contributed by atoms with Crippen molar-refractivity contribution in [1.29, 1.82) is 0 Å². The lowest BCUT2D eigenvalue weighted by Gasteiger charge is -2.13. The first-order valence-corrected chi connectivity index (χ1v) is 10.9. The smallest absolute Gasteiger partial charge is 0.333 e. The van der Waals surface area contributed by atoms with Crippen LogP contribution in [0.15, 0.2) is 54.6 Å². The molecule has 0 aliphatic heterocycles. The van der Waals surface area contributed by atoms with Gasteiger partial charge in [-0.25, -0.2) is 15.2 Å². The fraction of sp³-hybridized carbons (Fsp3) is 0.320. The van der Waals surface area contributed by atoms with Crippen molar-refractivity contribution in [2.75, 3.05) is 13.2 Å². The van der Waals surface area contributed by atoms with Gasteiger partial charge in [-0.1, -0.05) is 57.5 Å². The summed E-state index contributed by atoms with van der Waals surface area (Å²) >= 11 is 0. The second-order valence-corrected chi connectivity index (χ2v) is 7.99. The first kappa shape index (κ1) is 23.1. The Kier molecular flexibility index (Phi) is 8.02. The molecule has 0 saturated heterocycles. The second-order valence-electron chi connectivity index (χ2n) is 7.99. The molecule has 7 heteroatoms. The largest absolute Gasteiger partial charge is 0.493 e. The molecule has 32 heavy (non-hydrogen) atoms. The van der Waals surface area contributed by atoms with Gasteiger partial charge >= 0.3 is 6.03 Å². The van der Waals surface area contributed by atoms with E-state index in [0.29, 0.717) is 41.2 Å². The van der Waals surface area contributed by atoms with Crippen LogP contribution in [0.1, 0.15) is 44.0 Å². The second kappa shape index (κ2) is 11.1. The molecule has 1 aromatic heterocycles. The summed E-state index contributed by atoms with van der Waals surface area (Å²) in [5, 5.41) is 3.40. The van der Waals surface area contributed by atoms with Crippen LogP contribution in [-0.2, 0) is 0 Å². The number of urea groups is 1. The van der Waals surface area contributed by atoms with Gasteiger partial charge in [0, 0.05) is 17.5 Å². The van der Waals surface area contributed by atoms with E-state index in [1.54, 1.807) is 6.07 Å². The summed E-state index contributed by atoms with van der Waals surface area (Å²) in [5.74, 6) is 0.754. The third-order valence-corrected chi connectivity index (χ3v) is 4.78. The van der Waals surface area contributed by atoms with Crippen molar-refractivity contribution >= 4 is 22.8 Å². The molecule has 3 aromatic rings. The van der Waals surface area contributed by atoms with Crippen LogP contribution in [-0.4, -0.2) is 30.1 Å². The summed E-state index contributed by atoms with van der Waals surface area (Å²) in [6.07, 6.45) is 1.85. The fourth-order valence-corrected chi connectivity index (χ4v) is 3.12. The van der Waals surface area contributed by atoms with Crippen LogP contribution < -0.4 is 20.9 Å². The van der Waals surface area contributed by atoms with E-state index in [1.807, 2.05) is 55.5 Å². The van der Waals surface area contributed by atoms with Crippen LogP contribution in [0.4, 0.5) is 4.79 Å². The van der Waals surface area contributed by atoms with Crippen molar-refractivity contribution < 1.29 is 14.3 Å². The van der Waals surface area contributed by atoms with Crippen LogP contribution in [0.5, 0.6) is 5.75 Å². The lowest BCUT2D eigenvalue weighted by molar-refractivity contribution is 0.0938. The highest BCUT2D eigenvalue weighted by molar-refractivity contribution is 6.07. The number of carbonyl (C=O) groups excluding carboxylic acids is 2. The molecule has 0 atom stereocenters. The summed E-state index contributed by atoms with van der Waals surface area (Å²) in [6, 6.07) is 16.4. The molecule has 2 aromatic carbocycles. The van der Waals surface area contributed by atoms with E-state index in [4.69, 9.17) is 9.72 Å². The molecule has 7 nitrogen and oxygen atoms in total. The SMILES string of the molecule is CCCCNC(=O)NNC(=O)c1cc(-c2cccc(OCC(C)C)c2)nc2ccccc12. The number of hydrazine groups is 1. The minimum atomic E-state index is -0.444. The van der Waals surface area contributed by atoms with Crippen molar-refractivity contribution in [3.05, 3.63) is 60.2 Å². The zero-order chi connectivity index (χ0) is 22.9. The zero-order valence-corrected chi connectivity index (χ0v) is 18.8. The molecule has 0 bridgehead atoms. The number of carbonyl (C=O) groups is 2. The van der Waals surface area contributed by atoms with Gasteiger partial charge in [-0.15, -0.1) is 0 Å². The molecule has 3 amide bonds. The van der Waals surface area contributed by atoms with Crippen molar-refractivity contribution in [3.8, 4) is 17.0 Å². The molecule has 0 saturated carbocycles. The Hall–Kier alpha value is -3.61. The van der Waals surface area contributed by atoms with E-state index in [9.17, 15) is 9.59 Å². The number of unbranched alkanes of at least 4 members (excludes halogenated alkanes) is 1. The third-order valence-electron chi connectivity index (χ3n) is 4.78. The number of rotatable bonds is 8. The number of hydrogen-bond donors (Lipinski definition) is 3. The van der Waals surface area contributed by atoms with Crippen molar-refractivity contribution in [1.82, 2.24) is 21.2 Å². The fourth-order valence-electron chi connectivity index (χ4n) is 3.12. The van der Waals surface area contributed by atoms with Crippen molar-refractivity contribution in [2.45, 2.75) is 33.6 Å². The van der Waals surface area contributed by atoms with Gasteiger partial charge in [0.25, 0.3) is 5.91 Å². The molecule has 0 aliphatic carbocycles. The maximum atomic E-state index is 12.9. The molecular weight excluding hydrogens is 404 g/mol. The molecule has 0 radical (unpaired) electrons. The summed E-state index contributed by atoms with van der Waals surface area (Å²) in [4.78, 5) is 29.5. The molecule has 3 N–H and O–H groups in total. The third kappa shape index (κ3) is 6.20. The van der Waals surface area contributed by atoms with Gasteiger partial charge in [0.2, 0.25) is 0 Å². The number of para-hydroxylation sites is 1. The number of amides is 3. The Morgan fingerprint density at radius 3 is 2.62 bits per heavy atom. The molecule has 1 heterocycles. The summed E-state index contributed by atoms with van der Waals surface area (Å²) < 4.78 is 5.84. The van der Waals surface area contributed by atoms with Crippen LogP contribution in [0.3, 0.4) is 0 Å². The normalized spacial score (nSPS) is 10.8. The highest BCUT2D eigenvalue weighted by Gasteiger charge is 2.15. The van der Waals surface area contributed by atoms with Gasteiger partial charge in [-0.2, -0.15) is 0 Å². The van der Waals surface area contributed by atoms with Crippen LogP contribution in [0.25, 0.3) is 22.2 Å². The quantitative estimate of drug-likeness (QED) is 0.355. The monoisotopic (exact) mass is 434 g/mol. The van der Waals surface area contributed by atoms with Gasteiger partial charge < -0.3 is 10.1 Å². The molecule has 0 aliphatic rings. The van der Waals surface area contributed by atoms with Gasteiger partial charge in [-0.3, -0.25) is 10.2 Å². The van der Waals surface area contributed by atoms with E-state index in [-0.39, 0.29) is 0 Å². The average Bonchev–Trinajstić information content (AvgIpc) is 2.81. The number of nitrogens with zero attached hydrogens (tertiary/aromatic N) is 1. The van der Waals surface area contributed by atoms with E-state index in [2.05, 4.69) is 30.0 Å².